The second-order valence-electron chi connectivity index (χ2n) is 2.66. The molecule has 0 saturated heterocycles. The molecule has 2 N–H and O–H groups in total. The summed E-state index contributed by atoms with van der Waals surface area (Å²) in [4.78, 5) is 21.7. The van der Waals surface area contributed by atoms with Crippen molar-refractivity contribution in [3.8, 4) is 0 Å². The number of aliphatic carboxylic acids is 1. The summed E-state index contributed by atoms with van der Waals surface area (Å²) in [6, 6.07) is 0.535. The van der Waals surface area contributed by atoms with Crippen molar-refractivity contribution in [3.63, 3.8) is 0 Å². The molecular weight excluding hydrogens is 186 g/mol. The summed E-state index contributed by atoms with van der Waals surface area (Å²) >= 11 is 0. The Morgan fingerprint density at radius 3 is 2.71 bits per heavy atom. The Kier molecular flexibility index (Phi) is 3.11. The van der Waals surface area contributed by atoms with Crippen molar-refractivity contribution in [1.29, 1.82) is 0 Å². The summed E-state index contributed by atoms with van der Waals surface area (Å²) in [6.45, 7) is 1.38. The van der Waals surface area contributed by atoms with Crippen LogP contribution in [0.4, 0.5) is 0 Å². The Balaban J connectivity index is 2.64. The van der Waals surface area contributed by atoms with Crippen molar-refractivity contribution in [1.82, 2.24) is 15.5 Å². The first kappa shape index (κ1) is 10.1. The normalized spacial score (nSPS) is 11.8. The highest BCUT2D eigenvalue weighted by Crippen LogP contribution is 1.94. The fourth-order valence-electron chi connectivity index (χ4n) is 0.767. The minimum atomic E-state index is -1.08. The zero-order chi connectivity index (χ0) is 10.6. The van der Waals surface area contributed by atoms with Crippen molar-refractivity contribution in [2.75, 3.05) is 0 Å². The van der Waals surface area contributed by atoms with Crippen molar-refractivity contribution < 1.29 is 14.7 Å². The first-order valence-corrected chi connectivity index (χ1v) is 3.91. The van der Waals surface area contributed by atoms with E-state index in [0.717, 1.165) is 0 Å². The van der Waals surface area contributed by atoms with Crippen molar-refractivity contribution >= 4 is 11.9 Å². The fraction of sp³-hybridized carbons (Fsp3) is 0.250. The van der Waals surface area contributed by atoms with Crippen LogP contribution in [-0.4, -0.2) is 33.2 Å². The minimum absolute atomic E-state index is 0.285. The molecule has 14 heavy (non-hydrogen) atoms. The van der Waals surface area contributed by atoms with E-state index in [9.17, 15) is 9.59 Å². The number of hydrogen-bond acceptors (Lipinski definition) is 4. The zero-order valence-electron chi connectivity index (χ0n) is 7.47. The quantitative estimate of drug-likeness (QED) is 0.689. The summed E-state index contributed by atoms with van der Waals surface area (Å²) in [7, 11) is 0. The number of nitrogens with one attached hydrogen (secondary N) is 1. The monoisotopic (exact) mass is 195 g/mol. The Hall–Kier alpha value is -1.98. The third-order valence-corrected chi connectivity index (χ3v) is 1.56. The van der Waals surface area contributed by atoms with Crippen LogP contribution in [-0.2, 0) is 4.79 Å². The average molecular weight is 195 g/mol. The largest absolute Gasteiger partial charge is 0.480 e. The maximum atomic E-state index is 11.3. The fourth-order valence-corrected chi connectivity index (χ4v) is 0.767. The van der Waals surface area contributed by atoms with Gasteiger partial charge < -0.3 is 10.4 Å². The second kappa shape index (κ2) is 4.31. The third kappa shape index (κ3) is 2.51. The van der Waals surface area contributed by atoms with Crippen LogP contribution in [0.25, 0.3) is 0 Å². The molecule has 0 spiro atoms. The molecule has 6 heteroatoms. The van der Waals surface area contributed by atoms with Crippen LogP contribution in [0.2, 0.25) is 0 Å². The highest BCUT2D eigenvalue weighted by atomic mass is 16.4. The van der Waals surface area contributed by atoms with Gasteiger partial charge in [0.2, 0.25) is 0 Å². The van der Waals surface area contributed by atoms with Gasteiger partial charge in [-0.2, -0.15) is 10.2 Å². The summed E-state index contributed by atoms with van der Waals surface area (Å²) in [5.41, 5.74) is 0.285. The first-order valence-electron chi connectivity index (χ1n) is 3.91. The minimum Gasteiger partial charge on any atom is -0.480 e. The number of aromatic nitrogens is 2. The van der Waals surface area contributed by atoms with Gasteiger partial charge in [0.25, 0.3) is 5.91 Å². The van der Waals surface area contributed by atoms with Gasteiger partial charge in [-0.15, -0.1) is 0 Å². The Labute approximate surface area is 80.0 Å². The number of nitrogens with zero attached hydrogens (tertiary/aromatic N) is 2. The van der Waals surface area contributed by atoms with E-state index in [2.05, 4.69) is 15.5 Å². The van der Waals surface area contributed by atoms with Gasteiger partial charge in [0.05, 0.1) is 18.0 Å². The molecule has 1 rings (SSSR count). The molecule has 1 atom stereocenters. The van der Waals surface area contributed by atoms with Crippen LogP contribution >= 0.6 is 0 Å². The van der Waals surface area contributed by atoms with Crippen LogP contribution in [0.3, 0.4) is 0 Å². The molecule has 0 bridgehead atoms. The molecule has 0 aliphatic rings. The van der Waals surface area contributed by atoms with E-state index in [1.165, 1.54) is 25.4 Å². The predicted octanol–water partition coefficient (Wildman–Crippen LogP) is -0.320. The second-order valence-corrected chi connectivity index (χ2v) is 2.66. The molecule has 0 saturated carbocycles. The van der Waals surface area contributed by atoms with Crippen LogP contribution in [0, 0.1) is 0 Å². The van der Waals surface area contributed by atoms with E-state index in [-0.39, 0.29) is 5.56 Å². The highest BCUT2D eigenvalue weighted by Gasteiger charge is 2.14. The van der Waals surface area contributed by atoms with Gasteiger partial charge in [-0.25, -0.2) is 0 Å². The van der Waals surface area contributed by atoms with Crippen molar-refractivity contribution in [3.05, 3.63) is 24.0 Å². The highest BCUT2D eigenvalue weighted by molar-refractivity contribution is 5.96. The molecule has 1 heterocycles. The summed E-state index contributed by atoms with van der Waals surface area (Å²) in [5.74, 6) is -1.56. The molecule has 0 aliphatic heterocycles. The Bertz CT molecular complexity index is 339. The molecule has 1 aromatic heterocycles. The smallest absolute Gasteiger partial charge is 0.325 e. The van der Waals surface area contributed by atoms with Gasteiger partial charge in [0.15, 0.2) is 0 Å². The lowest BCUT2D eigenvalue weighted by molar-refractivity contribution is -0.138. The van der Waals surface area contributed by atoms with Gasteiger partial charge in [0.1, 0.15) is 6.04 Å². The van der Waals surface area contributed by atoms with E-state index in [4.69, 9.17) is 5.11 Å². The standard InChI is InChI=1S/C8H9N3O3/c1-5(8(13)14)11-7(12)6-2-3-9-10-4-6/h2-5H,1H3,(H,11,12)(H,13,14)/t5-/m0/s1. The molecule has 0 unspecified atom stereocenters. The SMILES string of the molecule is C[C@H](NC(=O)c1ccnnc1)C(=O)O. The lowest BCUT2D eigenvalue weighted by atomic mass is 10.2. The predicted molar refractivity (Wildman–Crippen MR) is 46.6 cm³/mol. The molecule has 1 aromatic rings. The summed E-state index contributed by atoms with van der Waals surface area (Å²) in [6.07, 6.45) is 2.63. The number of carbonyl (C=O) groups excluding carboxylic acids is 1. The molecule has 0 aromatic carbocycles. The van der Waals surface area contributed by atoms with Crippen LogP contribution in [0.5, 0.6) is 0 Å². The molecule has 6 nitrogen and oxygen atoms in total. The van der Waals surface area contributed by atoms with Crippen molar-refractivity contribution in [2.45, 2.75) is 13.0 Å². The summed E-state index contributed by atoms with van der Waals surface area (Å²) < 4.78 is 0. The number of hydrogen-bond donors (Lipinski definition) is 2. The van der Waals surface area contributed by atoms with Crippen LogP contribution in [0.1, 0.15) is 17.3 Å². The molecular formula is C8H9N3O3. The maximum Gasteiger partial charge on any atom is 0.325 e. The van der Waals surface area contributed by atoms with Crippen LogP contribution < -0.4 is 5.32 Å². The van der Waals surface area contributed by atoms with Gasteiger partial charge in [-0.05, 0) is 13.0 Å². The third-order valence-electron chi connectivity index (χ3n) is 1.56. The van der Waals surface area contributed by atoms with Crippen molar-refractivity contribution in [2.24, 2.45) is 0 Å². The van der Waals surface area contributed by atoms with Gasteiger partial charge in [-0.1, -0.05) is 0 Å². The maximum absolute atomic E-state index is 11.3. The molecule has 0 radical (unpaired) electrons. The number of rotatable bonds is 3. The lowest BCUT2D eigenvalue weighted by Crippen LogP contribution is -2.38. The zero-order valence-corrected chi connectivity index (χ0v) is 7.47. The number of carboxylic acid groups (broad SMARTS) is 1. The Morgan fingerprint density at radius 1 is 1.50 bits per heavy atom. The van der Waals surface area contributed by atoms with Gasteiger partial charge >= 0.3 is 5.97 Å². The van der Waals surface area contributed by atoms with E-state index in [1.54, 1.807) is 0 Å². The van der Waals surface area contributed by atoms with E-state index in [1.807, 2.05) is 0 Å². The number of amides is 1. The molecule has 1 amide bonds. The number of carbonyl (C=O) groups is 2. The number of carboxylic acids is 1. The van der Waals surface area contributed by atoms with Gasteiger partial charge in [0, 0.05) is 0 Å². The van der Waals surface area contributed by atoms with Crippen LogP contribution in [0.15, 0.2) is 18.5 Å². The topological polar surface area (TPSA) is 92.2 Å². The lowest BCUT2D eigenvalue weighted by Gasteiger charge is -2.07. The molecule has 74 valence electrons. The molecule has 0 aliphatic carbocycles. The first-order chi connectivity index (χ1) is 6.61. The van der Waals surface area contributed by atoms with E-state index < -0.39 is 17.9 Å². The Morgan fingerprint density at radius 2 is 2.21 bits per heavy atom. The summed E-state index contributed by atoms with van der Waals surface area (Å²) in [5, 5.41) is 17.8. The molecule has 0 fully saturated rings. The van der Waals surface area contributed by atoms with E-state index >= 15 is 0 Å². The average Bonchev–Trinajstić information content (AvgIpc) is 2.19. The van der Waals surface area contributed by atoms with Gasteiger partial charge in [-0.3, -0.25) is 9.59 Å². The van der Waals surface area contributed by atoms with E-state index in [0.29, 0.717) is 0 Å².